The minimum atomic E-state index is -0.209. The summed E-state index contributed by atoms with van der Waals surface area (Å²) in [4.78, 5) is 32.3. The van der Waals surface area contributed by atoms with Crippen molar-refractivity contribution >= 4 is 34.1 Å². The number of thiazole rings is 1. The van der Waals surface area contributed by atoms with E-state index in [1.807, 2.05) is 48.2 Å². The van der Waals surface area contributed by atoms with Crippen LogP contribution in [0.2, 0.25) is 0 Å². The molecule has 4 rings (SSSR count). The van der Waals surface area contributed by atoms with Crippen LogP contribution in [0.25, 0.3) is 0 Å². The van der Waals surface area contributed by atoms with E-state index in [1.165, 1.54) is 18.4 Å². The van der Waals surface area contributed by atoms with Crippen molar-refractivity contribution in [2.24, 2.45) is 0 Å². The molecule has 8 nitrogen and oxygen atoms in total. The fraction of sp³-hybridized carbons (Fsp3) is 0.320. The number of methoxy groups -OCH3 is 1. The maximum absolute atomic E-state index is 13.0. The van der Waals surface area contributed by atoms with Gasteiger partial charge in [-0.25, -0.2) is 9.78 Å². The number of ether oxygens (including phenoxy) is 1. The number of amides is 2. The number of hydrogen-bond acceptors (Lipinski definition) is 7. The van der Waals surface area contributed by atoms with Crippen molar-refractivity contribution in [3.8, 4) is 5.75 Å². The van der Waals surface area contributed by atoms with Gasteiger partial charge in [0.05, 0.1) is 18.7 Å². The number of nitrogen functional groups attached to an aromatic ring is 1. The van der Waals surface area contributed by atoms with Gasteiger partial charge in [-0.3, -0.25) is 4.79 Å². The number of hydrogen-bond donors (Lipinski definition) is 3. The Morgan fingerprint density at radius 1 is 1.12 bits per heavy atom. The number of urea groups is 1. The maximum atomic E-state index is 13.0. The number of ketones is 1. The number of likely N-dealkylation sites (tertiary alicyclic amines) is 1. The molecule has 1 atom stereocenters. The Labute approximate surface area is 203 Å². The molecule has 178 valence electrons. The van der Waals surface area contributed by atoms with E-state index < -0.39 is 0 Å². The highest BCUT2D eigenvalue weighted by molar-refractivity contribution is 7.18. The number of carbonyl (C=O) groups is 2. The van der Waals surface area contributed by atoms with Crippen molar-refractivity contribution in [1.82, 2.24) is 15.2 Å². The molecule has 3 aromatic rings. The normalized spacial score (nSPS) is 14.9. The SMILES string of the molecule is COc1ccccc1C(=O)c1sc(NC2CCN(C(=O)NC(C)c3ccccc3)CC2)nc1N. The minimum absolute atomic E-state index is 0.0537. The third kappa shape index (κ3) is 5.31. The smallest absolute Gasteiger partial charge is 0.317 e. The Bertz CT molecular complexity index is 1140. The molecule has 0 bridgehead atoms. The van der Waals surface area contributed by atoms with Crippen molar-refractivity contribution in [1.29, 1.82) is 0 Å². The third-order valence-corrected chi connectivity index (χ3v) is 6.96. The lowest BCUT2D eigenvalue weighted by atomic mass is 10.1. The number of anilines is 2. The zero-order chi connectivity index (χ0) is 24.1. The monoisotopic (exact) mass is 479 g/mol. The van der Waals surface area contributed by atoms with E-state index in [9.17, 15) is 9.59 Å². The van der Waals surface area contributed by atoms with Gasteiger partial charge in [0.25, 0.3) is 0 Å². The zero-order valence-corrected chi connectivity index (χ0v) is 20.1. The molecule has 4 N–H and O–H groups in total. The molecular formula is C25H29N5O3S. The van der Waals surface area contributed by atoms with Gasteiger partial charge in [0.15, 0.2) is 5.13 Å². The van der Waals surface area contributed by atoms with Gasteiger partial charge >= 0.3 is 6.03 Å². The summed E-state index contributed by atoms with van der Waals surface area (Å²) in [6.45, 7) is 3.26. The van der Waals surface area contributed by atoms with Gasteiger partial charge in [-0.15, -0.1) is 0 Å². The second kappa shape index (κ2) is 10.6. The van der Waals surface area contributed by atoms with Crippen LogP contribution < -0.4 is 21.1 Å². The Hall–Kier alpha value is -3.59. The van der Waals surface area contributed by atoms with Crippen molar-refractivity contribution in [3.63, 3.8) is 0 Å². The van der Waals surface area contributed by atoms with Crippen LogP contribution in [0.5, 0.6) is 5.75 Å². The first-order chi connectivity index (χ1) is 16.5. The molecule has 1 aliphatic heterocycles. The van der Waals surface area contributed by atoms with E-state index in [0.29, 0.717) is 34.4 Å². The molecule has 0 aliphatic carbocycles. The van der Waals surface area contributed by atoms with Gasteiger partial charge < -0.3 is 26.0 Å². The molecule has 2 amide bonds. The number of aromatic nitrogens is 1. The summed E-state index contributed by atoms with van der Waals surface area (Å²) in [5.74, 6) is 0.497. The summed E-state index contributed by atoms with van der Waals surface area (Å²) in [7, 11) is 1.53. The largest absolute Gasteiger partial charge is 0.496 e. The molecular weight excluding hydrogens is 450 g/mol. The van der Waals surface area contributed by atoms with Crippen molar-refractivity contribution in [2.75, 3.05) is 31.2 Å². The summed E-state index contributed by atoms with van der Waals surface area (Å²) in [5, 5.41) is 7.07. The first-order valence-electron chi connectivity index (χ1n) is 11.3. The van der Waals surface area contributed by atoms with E-state index in [-0.39, 0.29) is 29.7 Å². The van der Waals surface area contributed by atoms with Gasteiger partial charge in [0.1, 0.15) is 16.4 Å². The Morgan fingerprint density at radius 3 is 2.50 bits per heavy atom. The number of nitrogens with zero attached hydrogens (tertiary/aromatic N) is 2. The number of carbonyl (C=O) groups excluding carboxylic acids is 2. The summed E-state index contributed by atoms with van der Waals surface area (Å²) in [6.07, 6.45) is 1.56. The van der Waals surface area contributed by atoms with Crippen LogP contribution in [-0.4, -0.2) is 47.9 Å². The van der Waals surface area contributed by atoms with E-state index in [2.05, 4.69) is 15.6 Å². The van der Waals surface area contributed by atoms with Gasteiger partial charge in [-0.1, -0.05) is 53.8 Å². The Balaban J connectivity index is 1.32. The second-order valence-electron chi connectivity index (χ2n) is 8.25. The molecule has 34 heavy (non-hydrogen) atoms. The molecule has 0 spiro atoms. The van der Waals surface area contributed by atoms with Crippen LogP contribution in [0.15, 0.2) is 54.6 Å². The fourth-order valence-electron chi connectivity index (χ4n) is 4.01. The quantitative estimate of drug-likeness (QED) is 0.436. The van der Waals surface area contributed by atoms with Crippen molar-refractivity contribution < 1.29 is 14.3 Å². The molecule has 0 radical (unpaired) electrons. The number of para-hydroxylation sites is 1. The van der Waals surface area contributed by atoms with E-state index in [0.717, 1.165) is 18.4 Å². The summed E-state index contributed by atoms with van der Waals surface area (Å²) in [6, 6.07) is 17.0. The van der Waals surface area contributed by atoms with Crippen LogP contribution in [-0.2, 0) is 0 Å². The Kier molecular flexibility index (Phi) is 7.32. The van der Waals surface area contributed by atoms with Crippen LogP contribution in [0, 0.1) is 0 Å². The Morgan fingerprint density at radius 2 is 1.79 bits per heavy atom. The highest BCUT2D eigenvalue weighted by Gasteiger charge is 2.26. The number of nitrogens with one attached hydrogen (secondary N) is 2. The first kappa shape index (κ1) is 23.6. The number of piperidine rings is 1. The minimum Gasteiger partial charge on any atom is -0.496 e. The molecule has 1 aromatic heterocycles. The summed E-state index contributed by atoms with van der Waals surface area (Å²) in [5.41, 5.74) is 7.60. The molecule has 1 fully saturated rings. The predicted octanol–water partition coefficient (Wildman–Crippen LogP) is 4.31. The van der Waals surface area contributed by atoms with Gasteiger partial charge in [-0.2, -0.15) is 0 Å². The van der Waals surface area contributed by atoms with E-state index >= 15 is 0 Å². The summed E-state index contributed by atoms with van der Waals surface area (Å²) >= 11 is 1.24. The lowest BCUT2D eigenvalue weighted by Crippen LogP contribution is -2.47. The summed E-state index contributed by atoms with van der Waals surface area (Å²) < 4.78 is 5.30. The van der Waals surface area contributed by atoms with Crippen molar-refractivity contribution in [3.05, 3.63) is 70.6 Å². The maximum Gasteiger partial charge on any atom is 0.317 e. The topological polar surface area (TPSA) is 110 Å². The fourth-order valence-corrected chi connectivity index (χ4v) is 4.93. The molecule has 1 unspecified atom stereocenters. The van der Waals surface area contributed by atoms with Gasteiger partial charge in [0, 0.05) is 19.1 Å². The number of nitrogens with two attached hydrogens (primary N) is 1. The number of rotatable bonds is 7. The average molecular weight is 480 g/mol. The molecule has 9 heteroatoms. The van der Waals surface area contributed by atoms with Crippen molar-refractivity contribution in [2.45, 2.75) is 31.8 Å². The van der Waals surface area contributed by atoms with Crippen LogP contribution in [0.3, 0.4) is 0 Å². The zero-order valence-electron chi connectivity index (χ0n) is 19.3. The second-order valence-corrected chi connectivity index (χ2v) is 9.25. The van der Waals surface area contributed by atoms with E-state index in [4.69, 9.17) is 10.5 Å². The first-order valence-corrected chi connectivity index (χ1v) is 12.1. The van der Waals surface area contributed by atoms with Crippen LogP contribution in [0.1, 0.15) is 46.6 Å². The van der Waals surface area contributed by atoms with Gasteiger partial charge in [0.2, 0.25) is 5.78 Å². The van der Waals surface area contributed by atoms with Gasteiger partial charge in [-0.05, 0) is 37.5 Å². The van der Waals surface area contributed by atoms with E-state index in [1.54, 1.807) is 18.2 Å². The standard InChI is InChI=1S/C25H29N5O3S/c1-16(17-8-4-3-5-9-17)27-25(32)30-14-12-18(13-15-30)28-24-29-23(26)22(34-24)21(31)19-10-6-7-11-20(19)33-2/h3-11,16,18H,12-15,26H2,1-2H3,(H,27,32)(H,28,29). The predicted molar refractivity (Wildman–Crippen MR) is 135 cm³/mol. The third-order valence-electron chi connectivity index (χ3n) is 5.96. The highest BCUT2D eigenvalue weighted by atomic mass is 32.1. The highest BCUT2D eigenvalue weighted by Crippen LogP contribution is 2.31. The number of benzene rings is 2. The molecule has 2 aromatic carbocycles. The molecule has 1 saturated heterocycles. The van der Waals surface area contributed by atoms with Crippen LogP contribution in [0.4, 0.5) is 15.7 Å². The molecule has 1 aliphatic rings. The van der Waals surface area contributed by atoms with Crippen LogP contribution >= 0.6 is 11.3 Å². The average Bonchev–Trinajstić information content (AvgIpc) is 3.24. The molecule has 2 heterocycles. The lowest BCUT2D eigenvalue weighted by molar-refractivity contribution is 0.104. The molecule has 0 saturated carbocycles. The lowest BCUT2D eigenvalue weighted by Gasteiger charge is -2.33.